The highest BCUT2D eigenvalue weighted by molar-refractivity contribution is 5.80. The van der Waals surface area contributed by atoms with E-state index in [-0.39, 0.29) is 11.8 Å². The van der Waals surface area contributed by atoms with Crippen LogP contribution >= 0.6 is 0 Å². The van der Waals surface area contributed by atoms with Gasteiger partial charge in [0.25, 0.3) is 0 Å². The summed E-state index contributed by atoms with van der Waals surface area (Å²) < 4.78 is 7.86. The van der Waals surface area contributed by atoms with Gasteiger partial charge in [-0.2, -0.15) is 0 Å². The second-order valence-electron chi connectivity index (χ2n) is 7.62. The van der Waals surface area contributed by atoms with E-state index in [0.717, 1.165) is 61.8 Å². The molecule has 4 heterocycles. The Balaban J connectivity index is 1.17. The highest BCUT2D eigenvalue weighted by Crippen LogP contribution is 2.28. The maximum Gasteiger partial charge on any atom is 0.229 e. The lowest BCUT2D eigenvalue weighted by Crippen LogP contribution is -2.51. The SMILES string of the molecule is O=C(C1COc2ccccc2C1)N1CCN(Cc2cn3ccccc3n2)CC1. The number of hydrogen-bond acceptors (Lipinski definition) is 4. The summed E-state index contributed by atoms with van der Waals surface area (Å²) in [6, 6.07) is 14.1. The van der Waals surface area contributed by atoms with Crippen molar-refractivity contribution < 1.29 is 9.53 Å². The van der Waals surface area contributed by atoms with E-state index in [1.54, 1.807) is 0 Å². The van der Waals surface area contributed by atoms with Gasteiger partial charge in [0, 0.05) is 45.1 Å². The number of amides is 1. The van der Waals surface area contributed by atoms with Crippen molar-refractivity contribution in [3.05, 3.63) is 66.1 Å². The molecule has 2 aromatic heterocycles. The van der Waals surface area contributed by atoms with Gasteiger partial charge >= 0.3 is 0 Å². The van der Waals surface area contributed by atoms with Gasteiger partial charge in [-0.1, -0.05) is 24.3 Å². The zero-order valence-corrected chi connectivity index (χ0v) is 15.8. The Morgan fingerprint density at radius 1 is 1.07 bits per heavy atom. The van der Waals surface area contributed by atoms with E-state index in [4.69, 9.17) is 4.74 Å². The summed E-state index contributed by atoms with van der Waals surface area (Å²) in [7, 11) is 0. The molecule has 0 aliphatic carbocycles. The highest BCUT2D eigenvalue weighted by Gasteiger charge is 2.31. The highest BCUT2D eigenvalue weighted by atomic mass is 16.5. The summed E-state index contributed by atoms with van der Waals surface area (Å²) in [4.78, 5) is 22.0. The summed E-state index contributed by atoms with van der Waals surface area (Å²) in [6.45, 7) is 4.60. The molecule has 1 aromatic carbocycles. The Morgan fingerprint density at radius 3 is 2.75 bits per heavy atom. The van der Waals surface area contributed by atoms with Crippen LogP contribution in [0.2, 0.25) is 0 Å². The third-order valence-electron chi connectivity index (χ3n) is 5.71. The minimum atomic E-state index is -0.0695. The quantitative estimate of drug-likeness (QED) is 0.703. The fourth-order valence-corrected chi connectivity index (χ4v) is 4.16. The van der Waals surface area contributed by atoms with Crippen LogP contribution in [0, 0.1) is 5.92 Å². The van der Waals surface area contributed by atoms with Crippen molar-refractivity contribution in [1.29, 1.82) is 0 Å². The molecule has 0 bridgehead atoms. The van der Waals surface area contributed by atoms with Crippen LogP contribution in [0.15, 0.2) is 54.9 Å². The Labute approximate surface area is 164 Å². The number of rotatable bonds is 3. The average molecular weight is 376 g/mol. The molecule has 1 fully saturated rings. The van der Waals surface area contributed by atoms with Crippen molar-refractivity contribution >= 4 is 11.6 Å². The number of piperazine rings is 1. The Hall–Kier alpha value is -2.86. The molecule has 6 nitrogen and oxygen atoms in total. The van der Waals surface area contributed by atoms with Gasteiger partial charge in [-0.15, -0.1) is 0 Å². The molecule has 1 unspecified atom stereocenters. The van der Waals surface area contributed by atoms with Crippen LogP contribution in [-0.4, -0.2) is 57.9 Å². The maximum absolute atomic E-state index is 13.0. The van der Waals surface area contributed by atoms with Gasteiger partial charge in [0.05, 0.1) is 11.6 Å². The predicted molar refractivity (Wildman–Crippen MR) is 106 cm³/mol. The number of carbonyl (C=O) groups excluding carboxylic acids is 1. The van der Waals surface area contributed by atoms with Crippen molar-refractivity contribution in [3.8, 4) is 5.75 Å². The van der Waals surface area contributed by atoms with E-state index in [0.29, 0.717) is 6.61 Å². The van der Waals surface area contributed by atoms with Crippen molar-refractivity contribution in [2.75, 3.05) is 32.8 Å². The van der Waals surface area contributed by atoms with Gasteiger partial charge < -0.3 is 14.0 Å². The minimum absolute atomic E-state index is 0.0695. The van der Waals surface area contributed by atoms with Crippen LogP contribution in [-0.2, 0) is 17.8 Å². The monoisotopic (exact) mass is 376 g/mol. The molecule has 2 aliphatic rings. The second-order valence-corrected chi connectivity index (χ2v) is 7.62. The van der Waals surface area contributed by atoms with E-state index in [1.807, 2.05) is 47.5 Å². The fraction of sp³-hybridized carbons (Fsp3) is 0.364. The standard InChI is InChI=1S/C22H24N4O2/c27-22(18-13-17-5-1-2-6-20(17)28-16-18)25-11-9-24(10-12-25)14-19-15-26-8-4-3-7-21(26)23-19/h1-8,15,18H,9-14,16H2. The molecule has 0 radical (unpaired) electrons. The maximum atomic E-state index is 13.0. The largest absolute Gasteiger partial charge is 0.492 e. The third kappa shape index (κ3) is 3.36. The van der Waals surface area contributed by atoms with Gasteiger partial charge in [-0.25, -0.2) is 4.98 Å². The van der Waals surface area contributed by atoms with Gasteiger partial charge in [-0.3, -0.25) is 9.69 Å². The molecule has 144 valence electrons. The van der Waals surface area contributed by atoms with Crippen molar-refractivity contribution in [2.24, 2.45) is 5.92 Å². The van der Waals surface area contributed by atoms with Gasteiger partial charge in [0.1, 0.15) is 18.0 Å². The lowest BCUT2D eigenvalue weighted by atomic mass is 9.95. The second kappa shape index (κ2) is 7.28. The van der Waals surface area contributed by atoms with Crippen LogP contribution in [0.5, 0.6) is 5.75 Å². The lowest BCUT2D eigenvalue weighted by Gasteiger charge is -2.37. The van der Waals surface area contributed by atoms with E-state index >= 15 is 0 Å². The van der Waals surface area contributed by atoms with Crippen LogP contribution in [0.1, 0.15) is 11.3 Å². The van der Waals surface area contributed by atoms with Crippen LogP contribution < -0.4 is 4.74 Å². The number of imidazole rings is 1. The Morgan fingerprint density at radius 2 is 1.89 bits per heavy atom. The van der Waals surface area contributed by atoms with Gasteiger partial charge in [0.15, 0.2) is 0 Å². The fourth-order valence-electron chi connectivity index (χ4n) is 4.16. The molecular formula is C22H24N4O2. The molecule has 0 spiro atoms. The van der Waals surface area contributed by atoms with E-state index in [2.05, 4.69) is 26.5 Å². The van der Waals surface area contributed by atoms with E-state index < -0.39 is 0 Å². The third-order valence-corrected chi connectivity index (χ3v) is 5.71. The zero-order chi connectivity index (χ0) is 18.9. The number of carbonyl (C=O) groups is 1. The van der Waals surface area contributed by atoms with Crippen LogP contribution in [0.4, 0.5) is 0 Å². The van der Waals surface area contributed by atoms with Crippen molar-refractivity contribution in [1.82, 2.24) is 19.2 Å². The summed E-state index contributed by atoms with van der Waals surface area (Å²) in [6.07, 6.45) is 4.88. The first-order valence-corrected chi connectivity index (χ1v) is 9.91. The van der Waals surface area contributed by atoms with Gasteiger partial charge in [0.2, 0.25) is 5.91 Å². The molecule has 1 saturated heterocycles. The number of nitrogens with zero attached hydrogens (tertiary/aromatic N) is 4. The summed E-state index contributed by atoms with van der Waals surface area (Å²) in [5.41, 5.74) is 3.18. The number of fused-ring (bicyclic) bond motifs is 2. The molecule has 3 aromatic rings. The van der Waals surface area contributed by atoms with Crippen molar-refractivity contribution in [2.45, 2.75) is 13.0 Å². The zero-order valence-electron chi connectivity index (χ0n) is 15.8. The topological polar surface area (TPSA) is 50.1 Å². The van der Waals surface area contributed by atoms with Gasteiger partial charge in [-0.05, 0) is 30.2 Å². The van der Waals surface area contributed by atoms with E-state index in [9.17, 15) is 4.79 Å². The van der Waals surface area contributed by atoms with Crippen LogP contribution in [0.3, 0.4) is 0 Å². The number of pyridine rings is 1. The smallest absolute Gasteiger partial charge is 0.229 e. The summed E-state index contributed by atoms with van der Waals surface area (Å²) in [5.74, 6) is 1.07. The minimum Gasteiger partial charge on any atom is -0.492 e. The molecule has 1 atom stereocenters. The first-order chi connectivity index (χ1) is 13.8. The first kappa shape index (κ1) is 17.3. The molecule has 5 rings (SSSR count). The molecule has 2 aliphatic heterocycles. The van der Waals surface area contributed by atoms with Crippen LogP contribution in [0.25, 0.3) is 5.65 Å². The van der Waals surface area contributed by atoms with E-state index in [1.165, 1.54) is 0 Å². The number of para-hydroxylation sites is 1. The van der Waals surface area contributed by atoms with Crippen molar-refractivity contribution in [3.63, 3.8) is 0 Å². The Bertz CT molecular complexity index is 958. The number of aromatic nitrogens is 2. The lowest BCUT2D eigenvalue weighted by molar-refractivity contribution is -0.138. The molecule has 28 heavy (non-hydrogen) atoms. The molecule has 1 amide bonds. The number of benzene rings is 1. The molecule has 6 heteroatoms. The summed E-state index contributed by atoms with van der Waals surface area (Å²) >= 11 is 0. The Kier molecular flexibility index (Phi) is 4.49. The summed E-state index contributed by atoms with van der Waals surface area (Å²) in [5, 5.41) is 0. The molecule has 0 N–H and O–H groups in total. The average Bonchev–Trinajstić information content (AvgIpc) is 3.16. The molecule has 0 saturated carbocycles. The number of ether oxygens (including phenoxy) is 1. The number of hydrogen-bond donors (Lipinski definition) is 0. The first-order valence-electron chi connectivity index (χ1n) is 9.91. The normalized spacial score (nSPS) is 20.0. The predicted octanol–water partition coefficient (Wildman–Crippen LogP) is 2.23. The molecular weight excluding hydrogens is 352 g/mol.